The van der Waals surface area contributed by atoms with Crippen molar-refractivity contribution >= 4 is 30.4 Å². The molecule has 11 heteroatoms. The number of nitrogens with two attached hydrogens (primary N) is 1. The Hall–Kier alpha value is -3.18. The van der Waals surface area contributed by atoms with E-state index in [2.05, 4.69) is 5.32 Å². The molecule has 0 radical (unpaired) electrons. The van der Waals surface area contributed by atoms with Crippen molar-refractivity contribution < 1.29 is 39.5 Å². The Morgan fingerprint density at radius 2 is 1.44 bits per heavy atom. The Morgan fingerprint density at radius 1 is 0.889 bits per heavy atom. The highest BCUT2D eigenvalue weighted by atomic mass is 35.5. The van der Waals surface area contributed by atoms with Gasteiger partial charge in [-0.05, 0) is 54.9 Å². The summed E-state index contributed by atoms with van der Waals surface area (Å²) in [6.45, 7) is 0.512. The van der Waals surface area contributed by atoms with Crippen LogP contribution in [0.5, 0.6) is 0 Å². The van der Waals surface area contributed by atoms with Crippen molar-refractivity contribution in [1.82, 2.24) is 5.32 Å². The molecule has 0 saturated heterocycles. The van der Waals surface area contributed by atoms with Crippen LogP contribution in [0.3, 0.4) is 0 Å². The molecule has 0 heterocycles. The average molecular weight is 527 g/mol. The number of nitrogens with one attached hydrogen (secondary N) is 1. The largest absolute Gasteiger partial charge is 0.481 e. The molecule has 0 aromatic heterocycles. The number of hydrogen-bond donors (Lipinski definition) is 6. The van der Waals surface area contributed by atoms with Gasteiger partial charge < -0.3 is 36.2 Å². The van der Waals surface area contributed by atoms with Gasteiger partial charge in [0, 0.05) is 13.1 Å². The second kappa shape index (κ2) is 19.1. The second-order valence-electron chi connectivity index (χ2n) is 7.85. The summed E-state index contributed by atoms with van der Waals surface area (Å²) < 4.78 is 5.13. The minimum absolute atomic E-state index is 0. The third-order valence-electron chi connectivity index (χ3n) is 5.38. The molecule has 2 aromatic carbocycles. The van der Waals surface area contributed by atoms with Crippen LogP contribution >= 0.6 is 12.4 Å². The number of halogens is 1. The van der Waals surface area contributed by atoms with Gasteiger partial charge in [-0.3, -0.25) is 4.79 Å². The van der Waals surface area contributed by atoms with E-state index in [1.54, 1.807) is 24.3 Å². The van der Waals surface area contributed by atoms with Gasteiger partial charge in [-0.15, -0.1) is 12.4 Å². The van der Waals surface area contributed by atoms with Gasteiger partial charge in [0.05, 0.1) is 11.5 Å². The molecule has 7 N–H and O–H groups in total. The molecular weight excluding hydrogens is 492 g/mol. The summed E-state index contributed by atoms with van der Waals surface area (Å²) >= 11 is 0. The predicted molar refractivity (Wildman–Crippen MR) is 136 cm³/mol. The lowest BCUT2D eigenvalue weighted by molar-refractivity contribution is -0.143. The zero-order chi connectivity index (χ0) is 26.1. The number of aliphatic hydroxyl groups is 2. The first-order chi connectivity index (χ1) is 16.8. The molecule has 0 spiro atoms. The van der Waals surface area contributed by atoms with E-state index in [0.717, 1.165) is 24.0 Å². The number of alkyl carbamates (subject to hydrolysis) is 1. The zero-order valence-electron chi connectivity index (χ0n) is 19.9. The van der Waals surface area contributed by atoms with Crippen LogP contribution in [-0.2, 0) is 22.7 Å². The van der Waals surface area contributed by atoms with Crippen LogP contribution in [0.2, 0.25) is 0 Å². The summed E-state index contributed by atoms with van der Waals surface area (Å²) in [4.78, 5) is 32.8. The summed E-state index contributed by atoms with van der Waals surface area (Å²) in [7, 11) is 0. The van der Waals surface area contributed by atoms with Crippen molar-refractivity contribution in [1.29, 1.82) is 0 Å². The molecule has 1 aliphatic carbocycles. The molecule has 2 aromatic rings. The van der Waals surface area contributed by atoms with Gasteiger partial charge >= 0.3 is 18.0 Å². The Kier molecular flexibility index (Phi) is 17.4. The third kappa shape index (κ3) is 13.6. The first-order valence-corrected chi connectivity index (χ1v) is 11.2. The molecule has 1 amide bonds. The highest BCUT2D eigenvalue weighted by Crippen LogP contribution is 2.28. The van der Waals surface area contributed by atoms with Gasteiger partial charge in [0.2, 0.25) is 0 Å². The van der Waals surface area contributed by atoms with Crippen LogP contribution in [0.4, 0.5) is 4.79 Å². The number of aromatic carboxylic acids is 1. The van der Waals surface area contributed by atoms with Crippen molar-refractivity contribution in [3.8, 4) is 0 Å². The van der Waals surface area contributed by atoms with Gasteiger partial charge in [-0.1, -0.05) is 42.5 Å². The lowest BCUT2D eigenvalue weighted by atomic mass is 9.82. The molecule has 3 rings (SSSR count). The van der Waals surface area contributed by atoms with Gasteiger partial charge in [-0.2, -0.15) is 0 Å². The van der Waals surface area contributed by atoms with Gasteiger partial charge in [0.15, 0.2) is 0 Å². The Balaban J connectivity index is 0.000000689. The molecule has 1 fully saturated rings. The van der Waals surface area contributed by atoms with Crippen molar-refractivity contribution in [3.05, 3.63) is 71.3 Å². The minimum Gasteiger partial charge on any atom is -0.481 e. The lowest BCUT2D eigenvalue weighted by Crippen LogP contribution is -2.32. The molecule has 1 aliphatic rings. The van der Waals surface area contributed by atoms with Crippen LogP contribution < -0.4 is 11.1 Å². The van der Waals surface area contributed by atoms with E-state index >= 15 is 0 Å². The monoisotopic (exact) mass is 526 g/mol. The fourth-order valence-corrected chi connectivity index (χ4v) is 3.40. The van der Waals surface area contributed by atoms with E-state index in [-0.39, 0.29) is 24.9 Å². The van der Waals surface area contributed by atoms with Crippen LogP contribution in [0, 0.1) is 11.8 Å². The van der Waals surface area contributed by atoms with Crippen LogP contribution in [0.15, 0.2) is 54.6 Å². The van der Waals surface area contributed by atoms with E-state index in [4.69, 9.17) is 30.9 Å². The molecular formula is C25H35ClN2O8. The normalized spacial score (nSPS) is 16.0. The molecule has 10 nitrogen and oxygen atoms in total. The number of carboxylic acid groups (broad SMARTS) is 2. The number of amides is 1. The summed E-state index contributed by atoms with van der Waals surface area (Å²) in [5, 5.41) is 34.5. The average Bonchev–Trinajstić information content (AvgIpc) is 2.88. The summed E-state index contributed by atoms with van der Waals surface area (Å²) in [6.07, 6.45) is 2.66. The topological polar surface area (TPSA) is 179 Å². The first kappa shape index (κ1) is 32.8. The van der Waals surface area contributed by atoms with Crippen molar-refractivity contribution in [2.45, 2.75) is 38.8 Å². The summed E-state index contributed by atoms with van der Waals surface area (Å²) in [5.74, 6) is -1.48. The number of carboxylic acids is 2. The van der Waals surface area contributed by atoms with Crippen LogP contribution in [-0.4, -0.2) is 51.8 Å². The fourth-order valence-electron chi connectivity index (χ4n) is 3.40. The third-order valence-corrected chi connectivity index (χ3v) is 5.38. The van der Waals surface area contributed by atoms with Crippen molar-refractivity contribution in [2.24, 2.45) is 17.6 Å². The molecule has 200 valence electrons. The number of rotatable bonds is 7. The fraction of sp³-hybridized carbons (Fsp3) is 0.400. The van der Waals surface area contributed by atoms with E-state index in [1.165, 1.54) is 0 Å². The maximum atomic E-state index is 11.6. The molecule has 0 atom stereocenters. The van der Waals surface area contributed by atoms with E-state index in [1.807, 2.05) is 30.3 Å². The minimum atomic E-state index is -0.909. The molecule has 0 unspecified atom stereocenters. The number of aliphatic hydroxyl groups excluding tert-OH is 1. The number of carbonyl (C=O) groups excluding carboxylic acids is 1. The number of benzene rings is 2. The van der Waals surface area contributed by atoms with Crippen molar-refractivity contribution in [3.63, 3.8) is 0 Å². The zero-order valence-corrected chi connectivity index (χ0v) is 20.7. The predicted octanol–water partition coefficient (Wildman–Crippen LogP) is 3.00. The standard InChI is InChI=1S/C16H21NO4.C8H9NO2.CH4O2.ClH/c18-15(19)14-8-6-12(7-9-14)10-17-16(20)21-11-13-4-2-1-3-5-13;9-5-6-1-3-7(4-2-6)8(10)11;2-1-3;/h1-5,12,14H,6-11H2,(H,17,20)(H,18,19);1-4H,5,9H2,(H,10,11);2-3H,1H2;1H/t12-,14-;;;. The Morgan fingerprint density at radius 3 is 1.92 bits per heavy atom. The van der Waals surface area contributed by atoms with Crippen LogP contribution in [0.25, 0.3) is 0 Å². The lowest BCUT2D eigenvalue weighted by Gasteiger charge is -2.25. The van der Waals surface area contributed by atoms with Gasteiger partial charge in [-0.25, -0.2) is 9.59 Å². The summed E-state index contributed by atoms with van der Waals surface area (Å²) in [6, 6.07) is 16.0. The molecule has 0 bridgehead atoms. The summed E-state index contributed by atoms with van der Waals surface area (Å²) in [5.41, 5.74) is 7.52. The van der Waals surface area contributed by atoms with Gasteiger partial charge in [0.25, 0.3) is 0 Å². The Bertz CT molecular complexity index is 889. The number of hydrogen-bond acceptors (Lipinski definition) is 7. The number of carbonyl (C=O) groups is 3. The van der Waals surface area contributed by atoms with E-state index in [0.29, 0.717) is 37.4 Å². The van der Waals surface area contributed by atoms with E-state index < -0.39 is 24.8 Å². The number of aliphatic carboxylic acids is 1. The molecule has 36 heavy (non-hydrogen) atoms. The maximum Gasteiger partial charge on any atom is 0.407 e. The highest BCUT2D eigenvalue weighted by molar-refractivity contribution is 5.87. The highest BCUT2D eigenvalue weighted by Gasteiger charge is 2.26. The molecule has 1 saturated carbocycles. The SMILES string of the molecule is Cl.NCc1ccc(C(=O)O)cc1.O=C(NC[C@H]1CC[C@H](C(=O)O)CC1)OCc1ccccc1.OCO. The number of ether oxygens (including phenoxy) is 1. The van der Waals surface area contributed by atoms with Gasteiger partial charge in [0.1, 0.15) is 13.4 Å². The second-order valence-corrected chi connectivity index (χ2v) is 7.85. The smallest absolute Gasteiger partial charge is 0.407 e. The quantitative estimate of drug-likeness (QED) is 0.295. The van der Waals surface area contributed by atoms with Crippen molar-refractivity contribution in [2.75, 3.05) is 13.3 Å². The van der Waals surface area contributed by atoms with E-state index in [9.17, 15) is 14.4 Å². The molecule has 0 aliphatic heterocycles. The van der Waals surface area contributed by atoms with Crippen LogP contribution in [0.1, 0.15) is 47.2 Å². The Labute approximate surface area is 216 Å². The first-order valence-electron chi connectivity index (χ1n) is 11.2. The maximum absolute atomic E-state index is 11.6.